The van der Waals surface area contributed by atoms with Gasteiger partial charge in [-0.1, -0.05) is 12.1 Å². The first-order valence-electron chi connectivity index (χ1n) is 6.07. The molecule has 1 atom stereocenters. The minimum absolute atomic E-state index is 0.0294. The number of nitrogens with zero attached hydrogens (tertiary/aromatic N) is 1. The van der Waals surface area contributed by atoms with Crippen LogP contribution in [0.3, 0.4) is 0 Å². The molecule has 17 heavy (non-hydrogen) atoms. The third kappa shape index (κ3) is 2.70. The molecule has 1 aliphatic heterocycles. The summed E-state index contributed by atoms with van der Waals surface area (Å²) in [5, 5.41) is 19.1. The maximum Gasteiger partial charge on any atom is 0.138 e. The summed E-state index contributed by atoms with van der Waals surface area (Å²) in [7, 11) is 0. The van der Waals surface area contributed by atoms with E-state index in [9.17, 15) is 10.2 Å². The normalized spacial score (nSPS) is 25.6. The molecular formula is C13H20N2O2. The van der Waals surface area contributed by atoms with Gasteiger partial charge in [0.25, 0.3) is 0 Å². The van der Waals surface area contributed by atoms with Crippen molar-refractivity contribution >= 4 is 5.69 Å². The molecule has 0 amide bonds. The lowest BCUT2D eigenvalue weighted by atomic mass is 9.93. The van der Waals surface area contributed by atoms with E-state index in [0.717, 1.165) is 38.0 Å². The van der Waals surface area contributed by atoms with Gasteiger partial charge < -0.3 is 20.8 Å². The summed E-state index contributed by atoms with van der Waals surface area (Å²) in [6, 6.07) is 7.35. The van der Waals surface area contributed by atoms with Crippen molar-refractivity contribution in [3.63, 3.8) is 0 Å². The number of hydrogen-bond donors (Lipinski definition) is 3. The van der Waals surface area contributed by atoms with Crippen molar-refractivity contribution in [2.24, 2.45) is 5.73 Å². The number of phenolic OH excluding ortho intramolecular Hbond substituents is 1. The SMILES string of the molecule is NC1(CO)CCCN(c2ccccc2O)CC1. The maximum absolute atomic E-state index is 9.82. The average molecular weight is 236 g/mol. The van der Waals surface area contributed by atoms with Crippen LogP contribution in [0.4, 0.5) is 5.69 Å². The number of aliphatic hydroxyl groups is 1. The van der Waals surface area contributed by atoms with Gasteiger partial charge in [-0.15, -0.1) is 0 Å². The fraction of sp³-hybridized carbons (Fsp3) is 0.538. The van der Waals surface area contributed by atoms with E-state index < -0.39 is 5.54 Å². The van der Waals surface area contributed by atoms with E-state index in [0.29, 0.717) is 5.75 Å². The maximum atomic E-state index is 9.82. The molecule has 4 N–H and O–H groups in total. The third-order valence-corrected chi connectivity index (χ3v) is 3.52. The summed E-state index contributed by atoms with van der Waals surface area (Å²) < 4.78 is 0. The van der Waals surface area contributed by atoms with Crippen molar-refractivity contribution < 1.29 is 10.2 Å². The van der Waals surface area contributed by atoms with E-state index in [1.807, 2.05) is 18.2 Å². The van der Waals surface area contributed by atoms with Gasteiger partial charge >= 0.3 is 0 Å². The number of benzene rings is 1. The number of aromatic hydroxyl groups is 1. The molecule has 4 heteroatoms. The standard InChI is InChI=1S/C13H20N2O2/c14-13(10-16)6-3-8-15(9-7-13)11-4-1-2-5-12(11)17/h1-2,4-5,16-17H,3,6-10,14H2. The Hall–Kier alpha value is -1.26. The Balaban J connectivity index is 2.12. The molecule has 4 nitrogen and oxygen atoms in total. The smallest absolute Gasteiger partial charge is 0.138 e. The highest BCUT2D eigenvalue weighted by atomic mass is 16.3. The van der Waals surface area contributed by atoms with Gasteiger partial charge in [-0.2, -0.15) is 0 Å². The van der Waals surface area contributed by atoms with Gasteiger partial charge in [-0.3, -0.25) is 0 Å². The van der Waals surface area contributed by atoms with Gasteiger partial charge in [-0.25, -0.2) is 0 Å². The van der Waals surface area contributed by atoms with Crippen molar-refractivity contribution in [2.45, 2.75) is 24.8 Å². The van der Waals surface area contributed by atoms with E-state index in [2.05, 4.69) is 4.90 Å². The molecule has 0 spiro atoms. The third-order valence-electron chi connectivity index (χ3n) is 3.52. The molecule has 1 aromatic rings. The predicted molar refractivity (Wildman–Crippen MR) is 68.2 cm³/mol. The van der Waals surface area contributed by atoms with Gasteiger partial charge in [0.2, 0.25) is 0 Å². The van der Waals surface area contributed by atoms with Crippen LogP contribution >= 0.6 is 0 Å². The Kier molecular flexibility index (Phi) is 3.54. The van der Waals surface area contributed by atoms with E-state index in [1.54, 1.807) is 6.07 Å². The Labute approximate surface area is 102 Å². The summed E-state index contributed by atoms with van der Waals surface area (Å²) in [6.07, 6.45) is 2.51. The van der Waals surface area contributed by atoms with Crippen LogP contribution in [0.5, 0.6) is 5.75 Å². The summed E-state index contributed by atoms with van der Waals surface area (Å²) in [5.74, 6) is 0.306. The number of para-hydroxylation sites is 2. The average Bonchev–Trinajstić information content (AvgIpc) is 2.53. The number of aliphatic hydroxyl groups excluding tert-OH is 1. The first kappa shape index (κ1) is 12.2. The number of rotatable bonds is 2. The highest BCUT2D eigenvalue weighted by molar-refractivity contribution is 5.57. The van der Waals surface area contributed by atoms with Crippen LogP contribution in [0.1, 0.15) is 19.3 Å². The highest BCUT2D eigenvalue weighted by Crippen LogP contribution is 2.30. The van der Waals surface area contributed by atoms with Crippen molar-refractivity contribution in [1.29, 1.82) is 0 Å². The van der Waals surface area contributed by atoms with Crippen LogP contribution in [0, 0.1) is 0 Å². The second-order valence-electron chi connectivity index (χ2n) is 4.85. The molecule has 0 aliphatic carbocycles. The molecule has 1 aromatic carbocycles. The number of phenols is 1. The van der Waals surface area contributed by atoms with Crippen molar-refractivity contribution in [3.8, 4) is 5.75 Å². The van der Waals surface area contributed by atoms with E-state index in [4.69, 9.17) is 5.73 Å². The van der Waals surface area contributed by atoms with Crippen molar-refractivity contribution in [1.82, 2.24) is 0 Å². The Morgan fingerprint density at radius 1 is 1.24 bits per heavy atom. The van der Waals surface area contributed by atoms with Gasteiger partial charge in [0.15, 0.2) is 0 Å². The van der Waals surface area contributed by atoms with E-state index in [1.165, 1.54) is 0 Å². The monoisotopic (exact) mass is 236 g/mol. The lowest BCUT2D eigenvalue weighted by Gasteiger charge is -2.26. The van der Waals surface area contributed by atoms with Gasteiger partial charge in [0.1, 0.15) is 5.75 Å². The van der Waals surface area contributed by atoms with Crippen LogP contribution in [-0.2, 0) is 0 Å². The highest BCUT2D eigenvalue weighted by Gasteiger charge is 2.28. The molecule has 94 valence electrons. The first-order valence-corrected chi connectivity index (χ1v) is 6.07. The van der Waals surface area contributed by atoms with E-state index in [-0.39, 0.29) is 6.61 Å². The Morgan fingerprint density at radius 3 is 2.71 bits per heavy atom. The molecule has 2 rings (SSSR count). The quantitative estimate of drug-likeness (QED) is 0.718. The zero-order valence-electron chi connectivity index (χ0n) is 9.97. The molecular weight excluding hydrogens is 216 g/mol. The van der Waals surface area contributed by atoms with Crippen LogP contribution in [0.25, 0.3) is 0 Å². The summed E-state index contributed by atoms with van der Waals surface area (Å²) in [6.45, 7) is 1.67. The molecule has 1 fully saturated rings. The Bertz CT molecular complexity index is 383. The fourth-order valence-electron chi connectivity index (χ4n) is 2.35. The summed E-state index contributed by atoms with van der Waals surface area (Å²) in [5.41, 5.74) is 6.49. The van der Waals surface area contributed by atoms with Crippen molar-refractivity contribution in [2.75, 3.05) is 24.6 Å². The zero-order chi connectivity index (χ0) is 12.3. The fourth-order valence-corrected chi connectivity index (χ4v) is 2.35. The number of nitrogens with two attached hydrogens (primary N) is 1. The lowest BCUT2D eigenvalue weighted by molar-refractivity contribution is 0.183. The lowest BCUT2D eigenvalue weighted by Crippen LogP contribution is -2.44. The molecule has 1 unspecified atom stereocenters. The second kappa shape index (κ2) is 4.94. The molecule has 0 radical (unpaired) electrons. The van der Waals surface area contributed by atoms with Crippen LogP contribution in [0.15, 0.2) is 24.3 Å². The predicted octanol–water partition coefficient (Wildman–Crippen LogP) is 1.07. The number of anilines is 1. The Morgan fingerprint density at radius 2 is 2.00 bits per heavy atom. The minimum atomic E-state index is -0.459. The molecule has 0 saturated carbocycles. The summed E-state index contributed by atoms with van der Waals surface area (Å²) >= 11 is 0. The second-order valence-corrected chi connectivity index (χ2v) is 4.85. The first-order chi connectivity index (χ1) is 8.14. The molecule has 1 aliphatic rings. The zero-order valence-corrected chi connectivity index (χ0v) is 9.97. The molecule has 1 heterocycles. The molecule has 0 aromatic heterocycles. The van der Waals surface area contributed by atoms with Gasteiger partial charge in [0, 0.05) is 18.6 Å². The van der Waals surface area contributed by atoms with E-state index >= 15 is 0 Å². The molecule has 1 saturated heterocycles. The largest absolute Gasteiger partial charge is 0.506 e. The van der Waals surface area contributed by atoms with Crippen LogP contribution in [0.2, 0.25) is 0 Å². The van der Waals surface area contributed by atoms with Crippen LogP contribution in [-0.4, -0.2) is 35.4 Å². The topological polar surface area (TPSA) is 69.7 Å². The van der Waals surface area contributed by atoms with Crippen molar-refractivity contribution in [3.05, 3.63) is 24.3 Å². The molecule has 0 bridgehead atoms. The van der Waals surface area contributed by atoms with Crippen LogP contribution < -0.4 is 10.6 Å². The van der Waals surface area contributed by atoms with Gasteiger partial charge in [-0.05, 0) is 31.4 Å². The number of hydrogen-bond acceptors (Lipinski definition) is 4. The van der Waals surface area contributed by atoms with Gasteiger partial charge in [0.05, 0.1) is 12.3 Å². The summed E-state index contributed by atoms with van der Waals surface area (Å²) in [4.78, 5) is 2.14. The minimum Gasteiger partial charge on any atom is -0.506 e.